The lowest BCUT2D eigenvalue weighted by molar-refractivity contribution is -0.335. The van der Waals surface area contributed by atoms with Gasteiger partial charge in [0.1, 0.15) is 36.6 Å². The van der Waals surface area contributed by atoms with Crippen LogP contribution in [-0.4, -0.2) is 75.9 Å². The summed E-state index contributed by atoms with van der Waals surface area (Å²) in [7, 11) is -2.49. The summed E-state index contributed by atoms with van der Waals surface area (Å²) in [6, 6.07) is 51.6. The number of hydrogen-bond acceptors (Lipinski definition) is 10. The second-order valence-electron chi connectivity index (χ2n) is 22.7. The van der Waals surface area contributed by atoms with Crippen LogP contribution in [-0.2, 0) is 67.0 Å². The van der Waals surface area contributed by atoms with Gasteiger partial charge in [-0.2, -0.15) is 0 Å². The minimum atomic E-state index is -2.49. The molecule has 5 aromatic rings. The Kier molecular flexibility index (Phi) is 25.6. The quantitative estimate of drug-likeness (QED) is 0.0229. The van der Waals surface area contributed by atoms with Crippen molar-refractivity contribution >= 4 is 30.6 Å². The van der Waals surface area contributed by atoms with E-state index >= 15 is 0 Å². The Bertz CT molecular complexity index is 2340. The largest absolute Gasteiger partial charge is 0.463 e. The molecule has 1 fully saturated rings. The van der Waals surface area contributed by atoms with E-state index in [0.717, 1.165) is 49.0 Å². The molecule has 0 saturated carbocycles. The standard InChI is InChI=1S/C66H90O10Si/c1-52(67)69-51-59-61(70-48-53-35-23-18-24-36-53)62(71-49-54-37-25-19-26-38-54)63(72-50-55-39-27-20-28-40-55)64(75-59)74-56(47-60(68)76-65(2,3)4)41-29-16-14-12-10-8-9-11-13-15-17-34-46-73-77(66(5,6)7,57-42-30-21-31-43-57)58-44-32-22-33-45-58/h18-28,30-33,35-40,42-45,56,59,61-64H,8-17,29,34,41,46-51H2,1-7H3/t56-,59-,61-,62+,63-,64-/m1/s1. The van der Waals surface area contributed by atoms with E-state index in [2.05, 4.69) is 81.4 Å². The molecule has 1 aliphatic rings. The van der Waals surface area contributed by atoms with Crippen molar-refractivity contribution < 1.29 is 47.2 Å². The van der Waals surface area contributed by atoms with Crippen molar-refractivity contribution in [1.82, 2.24) is 0 Å². The zero-order chi connectivity index (χ0) is 54.8. The lowest BCUT2D eigenvalue weighted by atomic mass is 9.97. The molecule has 5 aromatic carbocycles. The topological polar surface area (TPSA) is 108 Å². The fourth-order valence-electron chi connectivity index (χ4n) is 10.4. The van der Waals surface area contributed by atoms with Gasteiger partial charge in [0.05, 0.1) is 32.3 Å². The Morgan fingerprint density at radius 3 is 1.35 bits per heavy atom. The zero-order valence-electron chi connectivity index (χ0n) is 47.4. The van der Waals surface area contributed by atoms with Gasteiger partial charge in [-0.3, -0.25) is 9.59 Å². The summed E-state index contributed by atoms with van der Waals surface area (Å²) in [6.45, 7) is 15.5. The van der Waals surface area contributed by atoms with E-state index in [4.69, 9.17) is 37.6 Å². The maximum atomic E-state index is 13.6. The summed E-state index contributed by atoms with van der Waals surface area (Å²) < 4.78 is 52.8. The summed E-state index contributed by atoms with van der Waals surface area (Å²) in [6.07, 6.45) is 9.92. The van der Waals surface area contributed by atoms with E-state index in [1.807, 2.05) is 112 Å². The van der Waals surface area contributed by atoms with Crippen LogP contribution in [0.3, 0.4) is 0 Å². The first-order valence-electron chi connectivity index (χ1n) is 28.6. The van der Waals surface area contributed by atoms with Crippen LogP contribution in [0.15, 0.2) is 152 Å². The third-order valence-electron chi connectivity index (χ3n) is 14.2. The van der Waals surface area contributed by atoms with Crippen molar-refractivity contribution in [2.45, 2.75) is 206 Å². The molecule has 77 heavy (non-hydrogen) atoms. The van der Waals surface area contributed by atoms with Crippen LogP contribution in [0.2, 0.25) is 5.04 Å². The minimum Gasteiger partial charge on any atom is -0.463 e. The number of carbonyl (C=O) groups excluding carboxylic acids is 2. The van der Waals surface area contributed by atoms with Crippen molar-refractivity contribution in [3.05, 3.63) is 168 Å². The molecule has 0 aliphatic carbocycles. The van der Waals surface area contributed by atoms with Gasteiger partial charge in [0, 0.05) is 13.5 Å². The van der Waals surface area contributed by atoms with Gasteiger partial charge in [-0.25, -0.2) is 0 Å². The highest BCUT2D eigenvalue weighted by Crippen LogP contribution is 2.37. The molecule has 418 valence electrons. The van der Waals surface area contributed by atoms with E-state index in [-0.39, 0.29) is 43.9 Å². The average molecular weight is 1070 g/mol. The van der Waals surface area contributed by atoms with Crippen molar-refractivity contribution in [2.75, 3.05) is 13.2 Å². The minimum absolute atomic E-state index is 0.00519. The molecule has 0 aromatic heterocycles. The summed E-state index contributed by atoms with van der Waals surface area (Å²) in [4.78, 5) is 25.9. The maximum absolute atomic E-state index is 13.6. The molecule has 6 atom stereocenters. The highest BCUT2D eigenvalue weighted by Gasteiger charge is 2.51. The predicted molar refractivity (Wildman–Crippen MR) is 309 cm³/mol. The van der Waals surface area contributed by atoms with Gasteiger partial charge in [0.2, 0.25) is 0 Å². The number of ether oxygens (including phenoxy) is 7. The first-order valence-corrected chi connectivity index (χ1v) is 30.5. The number of carbonyl (C=O) groups is 2. The summed E-state index contributed by atoms with van der Waals surface area (Å²) in [5.74, 6) is -0.790. The van der Waals surface area contributed by atoms with Gasteiger partial charge in [-0.05, 0) is 65.7 Å². The number of hydrogen-bond donors (Lipinski definition) is 0. The first-order chi connectivity index (χ1) is 37.2. The Morgan fingerprint density at radius 2 is 0.922 bits per heavy atom. The lowest BCUT2D eigenvalue weighted by Gasteiger charge is -2.46. The van der Waals surface area contributed by atoms with Crippen molar-refractivity contribution in [3.63, 3.8) is 0 Å². The molecule has 0 spiro atoms. The monoisotopic (exact) mass is 1070 g/mol. The van der Waals surface area contributed by atoms with E-state index in [1.54, 1.807) is 0 Å². The summed E-state index contributed by atoms with van der Waals surface area (Å²) >= 11 is 0. The van der Waals surface area contributed by atoms with Gasteiger partial charge in [-0.15, -0.1) is 0 Å². The van der Waals surface area contributed by atoms with Gasteiger partial charge in [-0.1, -0.05) is 243 Å². The van der Waals surface area contributed by atoms with E-state index in [0.29, 0.717) is 6.42 Å². The Labute approximate surface area is 463 Å². The van der Waals surface area contributed by atoms with Crippen molar-refractivity contribution in [3.8, 4) is 0 Å². The van der Waals surface area contributed by atoms with Gasteiger partial charge < -0.3 is 37.6 Å². The molecule has 1 heterocycles. The second kappa shape index (κ2) is 32.2. The molecule has 10 nitrogen and oxygen atoms in total. The Morgan fingerprint density at radius 1 is 0.519 bits per heavy atom. The highest BCUT2D eigenvalue weighted by molar-refractivity contribution is 6.99. The third-order valence-corrected chi connectivity index (χ3v) is 19.2. The van der Waals surface area contributed by atoms with Crippen molar-refractivity contribution in [1.29, 1.82) is 0 Å². The van der Waals surface area contributed by atoms with Gasteiger partial charge in [0.15, 0.2) is 6.29 Å². The number of rotatable bonds is 33. The van der Waals surface area contributed by atoms with Crippen LogP contribution in [0.4, 0.5) is 0 Å². The Balaban J connectivity index is 1.03. The van der Waals surface area contributed by atoms with Crippen LogP contribution in [0.5, 0.6) is 0 Å². The van der Waals surface area contributed by atoms with Crippen LogP contribution in [0, 0.1) is 0 Å². The number of benzene rings is 5. The molecule has 0 amide bonds. The summed E-state index contributed by atoms with van der Waals surface area (Å²) in [5, 5.41) is 2.67. The lowest BCUT2D eigenvalue weighted by Crippen LogP contribution is -2.66. The first kappa shape index (κ1) is 61.2. The van der Waals surface area contributed by atoms with E-state index in [9.17, 15) is 9.59 Å². The highest BCUT2D eigenvalue weighted by atomic mass is 28.4. The van der Waals surface area contributed by atoms with Crippen molar-refractivity contribution in [2.24, 2.45) is 0 Å². The smallest absolute Gasteiger partial charge is 0.308 e. The van der Waals surface area contributed by atoms with E-state index in [1.165, 1.54) is 68.7 Å². The summed E-state index contributed by atoms with van der Waals surface area (Å²) in [5.41, 5.74) is 2.24. The third kappa shape index (κ3) is 20.6. The number of unbranched alkanes of at least 4 members (excludes halogenated alkanes) is 11. The van der Waals surface area contributed by atoms with Crippen LogP contribution in [0.25, 0.3) is 0 Å². The zero-order valence-corrected chi connectivity index (χ0v) is 48.4. The fourth-order valence-corrected chi connectivity index (χ4v) is 15.0. The molecular formula is C66H90O10Si. The number of esters is 2. The Hall–Kier alpha value is -4.98. The SMILES string of the molecule is CC(=O)OC[C@H]1O[C@@H](O[C@H](CCCCCCCCCCCCCCO[Si](c2ccccc2)(c2ccccc2)C(C)(C)C)CC(=O)OC(C)(C)C)[C@H](OCc2ccccc2)[C@@H](OCc2ccccc2)[C@@H]1OCc1ccccc1. The molecular weight excluding hydrogens is 981 g/mol. The molecule has 6 rings (SSSR count). The molecule has 1 saturated heterocycles. The maximum Gasteiger partial charge on any atom is 0.308 e. The average Bonchev–Trinajstić information content (AvgIpc) is 3.43. The van der Waals surface area contributed by atoms with Crippen LogP contribution >= 0.6 is 0 Å². The predicted octanol–water partition coefficient (Wildman–Crippen LogP) is 13.8. The van der Waals surface area contributed by atoms with Gasteiger partial charge >= 0.3 is 11.9 Å². The fraction of sp³-hybridized carbons (Fsp3) is 0.515. The molecule has 0 bridgehead atoms. The van der Waals surface area contributed by atoms with E-state index < -0.39 is 56.7 Å². The molecule has 0 N–H and O–H groups in total. The second-order valence-corrected chi connectivity index (χ2v) is 27.0. The molecule has 1 aliphatic heterocycles. The molecule has 11 heteroatoms. The normalized spacial score (nSPS) is 18.4. The molecule has 0 unspecified atom stereocenters. The van der Waals surface area contributed by atoms with Crippen LogP contribution < -0.4 is 10.4 Å². The van der Waals surface area contributed by atoms with Gasteiger partial charge in [0.25, 0.3) is 8.32 Å². The molecule has 0 radical (unpaired) electrons. The van der Waals surface area contributed by atoms with Crippen LogP contribution in [0.1, 0.15) is 155 Å².